The molecule has 0 spiro atoms. The molecule has 3 aromatic carbocycles. The van der Waals surface area contributed by atoms with E-state index in [0.29, 0.717) is 11.1 Å². The molecular formula is C25H17F2N5O2. The van der Waals surface area contributed by atoms with Crippen LogP contribution >= 0.6 is 0 Å². The zero-order chi connectivity index (χ0) is 23.9. The SMILES string of the molecule is N#Cc1c(-c2ccccc2)nc(NN=Cc2cccc(COc3ccc(F)cc3F)c2)[nH]c1=O. The Kier molecular flexibility index (Phi) is 6.70. The van der Waals surface area contributed by atoms with E-state index in [0.717, 1.165) is 17.7 Å². The minimum Gasteiger partial charge on any atom is -0.486 e. The monoisotopic (exact) mass is 457 g/mol. The molecule has 0 saturated carbocycles. The minimum absolute atomic E-state index is 0.0489. The Balaban J connectivity index is 1.47. The number of nitrogens with zero attached hydrogens (tertiary/aromatic N) is 3. The van der Waals surface area contributed by atoms with Crippen molar-refractivity contribution in [2.45, 2.75) is 6.61 Å². The smallest absolute Gasteiger partial charge is 0.270 e. The molecule has 0 aliphatic rings. The molecule has 0 fully saturated rings. The molecule has 1 heterocycles. The third-order valence-electron chi connectivity index (χ3n) is 4.70. The van der Waals surface area contributed by atoms with E-state index < -0.39 is 17.2 Å². The van der Waals surface area contributed by atoms with Crippen LogP contribution in [0.4, 0.5) is 14.7 Å². The van der Waals surface area contributed by atoms with Crippen molar-refractivity contribution in [1.29, 1.82) is 5.26 Å². The molecule has 0 bridgehead atoms. The lowest BCUT2D eigenvalue weighted by atomic mass is 10.1. The minimum atomic E-state index is -0.777. The average Bonchev–Trinajstić information content (AvgIpc) is 2.84. The van der Waals surface area contributed by atoms with Crippen molar-refractivity contribution in [2.24, 2.45) is 5.10 Å². The van der Waals surface area contributed by atoms with E-state index >= 15 is 0 Å². The van der Waals surface area contributed by atoms with Crippen LogP contribution in [-0.4, -0.2) is 16.2 Å². The number of H-pyrrole nitrogens is 1. The Morgan fingerprint density at radius 1 is 1.09 bits per heavy atom. The van der Waals surface area contributed by atoms with Crippen LogP contribution in [0.2, 0.25) is 0 Å². The van der Waals surface area contributed by atoms with Crippen LogP contribution in [0.25, 0.3) is 11.3 Å². The van der Waals surface area contributed by atoms with Gasteiger partial charge in [0, 0.05) is 11.6 Å². The number of aromatic nitrogens is 2. The van der Waals surface area contributed by atoms with Gasteiger partial charge in [-0.15, -0.1) is 0 Å². The Morgan fingerprint density at radius 3 is 2.68 bits per heavy atom. The zero-order valence-corrected chi connectivity index (χ0v) is 17.6. The van der Waals surface area contributed by atoms with Gasteiger partial charge in [-0.1, -0.05) is 48.5 Å². The van der Waals surface area contributed by atoms with Crippen molar-refractivity contribution >= 4 is 12.2 Å². The third kappa shape index (κ3) is 5.31. The zero-order valence-electron chi connectivity index (χ0n) is 17.6. The number of benzene rings is 3. The number of nitrogens with one attached hydrogen (secondary N) is 2. The summed E-state index contributed by atoms with van der Waals surface area (Å²) in [5, 5.41) is 13.4. The number of ether oxygens (including phenoxy) is 1. The molecule has 0 atom stereocenters. The summed E-state index contributed by atoms with van der Waals surface area (Å²) in [6.07, 6.45) is 1.50. The molecule has 0 aliphatic heterocycles. The fourth-order valence-electron chi connectivity index (χ4n) is 3.12. The molecule has 34 heavy (non-hydrogen) atoms. The highest BCUT2D eigenvalue weighted by Crippen LogP contribution is 2.20. The molecule has 0 aliphatic carbocycles. The average molecular weight is 457 g/mol. The van der Waals surface area contributed by atoms with Gasteiger partial charge < -0.3 is 4.74 Å². The summed E-state index contributed by atoms with van der Waals surface area (Å²) < 4.78 is 32.2. The van der Waals surface area contributed by atoms with Gasteiger partial charge in [0.2, 0.25) is 5.95 Å². The van der Waals surface area contributed by atoms with E-state index in [1.54, 1.807) is 48.5 Å². The maximum Gasteiger partial charge on any atom is 0.270 e. The molecule has 7 nitrogen and oxygen atoms in total. The number of hydrogen-bond acceptors (Lipinski definition) is 6. The van der Waals surface area contributed by atoms with Gasteiger partial charge in [-0.2, -0.15) is 10.4 Å². The van der Waals surface area contributed by atoms with Crippen molar-refractivity contribution in [3.05, 3.63) is 111 Å². The Bertz CT molecular complexity index is 1450. The van der Waals surface area contributed by atoms with Crippen molar-refractivity contribution in [1.82, 2.24) is 9.97 Å². The van der Waals surface area contributed by atoms with Crippen LogP contribution in [0.5, 0.6) is 5.75 Å². The first-order chi connectivity index (χ1) is 16.5. The van der Waals surface area contributed by atoms with Gasteiger partial charge in [0.15, 0.2) is 11.6 Å². The Morgan fingerprint density at radius 2 is 1.91 bits per heavy atom. The lowest BCUT2D eigenvalue weighted by molar-refractivity contribution is 0.289. The Hall–Kier alpha value is -4.84. The topological polar surface area (TPSA) is 103 Å². The molecule has 2 N–H and O–H groups in total. The lowest BCUT2D eigenvalue weighted by Gasteiger charge is -2.08. The first kappa shape index (κ1) is 22.4. The Labute approximate surface area is 193 Å². The highest BCUT2D eigenvalue weighted by atomic mass is 19.1. The number of aromatic amines is 1. The second kappa shape index (κ2) is 10.2. The summed E-state index contributed by atoms with van der Waals surface area (Å²) in [5.74, 6) is -1.43. The van der Waals surface area contributed by atoms with Crippen LogP contribution in [0.3, 0.4) is 0 Å². The van der Waals surface area contributed by atoms with E-state index in [4.69, 9.17) is 4.74 Å². The number of nitriles is 1. The largest absolute Gasteiger partial charge is 0.486 e. The summed E-state index contributed by atoms with van der Waals surface area (Å²) in [6, 6.07) is 21.0. The maximum absolute atomic E-state index is 13.7. The van der Waals surface area contributed by atoms with Crippen molar-refractivity contribution in [3.63, 3.8) is 0 Å². The third-order valence-corrected chi connectivity index (χ3v) is 4.70. The summed E-state index contributed by atoms with van der Waals surface area (Å²) in [4.78, 5) is 19.1. The summed E-state index contributed by atoms with van der Waals surface area (Å²) in [7, 11) is 0. The highest BCUT2D eigenvalue weighted by molar-refractivity contribution is 5.80. The van der Waals surface area contributed by atoms with Crippen LogP contribution < -0.4 is 15.7 Å². The number of halogens is 2. The van der Waals surface area contributed by atoms with Gasteiger partial charge in [-0.25, -0.2) is 19.2 Å². The van der Waals surface area contributed by atoms with Gasteiger partial charge in [0.1, 0.15) is 24.1 Å². The summed E-state index contributed by atoms with van der Waals surface area (Å²) in [6.45, 7) is 0.0720. The standard InChI is InChI=1S/C25H17F2N5O2/c26-19-9-10-22(21(27)12-19)34-15-17-6-4-5-16(11-17)14-29-32-25-30-23(18-7-2-1-3-8-18)20(13-28)24(33)31-25/h1-12,14H,15H2,(H2,30,31,32,33). The normalized spacial score (nSPS) is 10.7. The second-order valence-corrected chi connectivity index (χ2v) is 7.09. The lowest BCUT2D eigenvalue weighted by Crippen LogP contribution is -2.16. The number of anilines is 1. The van der Waals surface area contributed by atoms with Gasteiger partial charge in [-0.3, -0.25) is 9.78 Å². The quantitative estimate of drug-likeness (QED) is 0.312. The van der Waals surface area contributed by atoms with E-state index in [1.807, 2.05) is 12.1 Å². The first-order valence-corrected chi connectivity index (χ1v) is 10.1. The van der Waals surface area contributed by atoms with E-state index in [9.17, 15) is 18.8 Å². The van der Waals surface area contributed by atoms with Gasteiger partial charge in [0.05, 0.1) is 11.9 Å². The summed E-state index contributed by atoms with van der Waals surface area (Å²) >= 11 is 0. The van der Waals surface area contributed by atoms with Crippen LogP contribution in [0, 0.1) is 23.0 Å². The van der Waals surface area contributed by atoms with Crippen LogP contribution in [-0.2, 0) is 6.61 Å². The van der Waals surface area contributed by atoms with Crippen molar-refractivity contribution in [2.75, 3.05) is 5.43 Å². The molecular weight excluding hydrogens is 440 g/mol. The molecule has 9 heteroatoms. The van der Waals surface area contributed by atoms with E-state index in [-0.39, 0.29) is 29.6 Å². The highest BCUT2D eigenvalue weighted by Gasteiger charge is 2.12. The number of hydrazone groups is 1. The van der Waals surface area contributed by atoms with Gasteiger partial charge >= 0.3 is 0 Å². The van der Waals surface area contributed by atoms with Gasteiger partial charge in [0.25, 0.3) is 5.56 Å². The summed E-state index contributed by atoms with van der Waals surface area (Å²) in [5.41, 5.74) is 4.30. The molecule has 1 aromatic heterocycles. The maximum atomic E-state index is 13.7. The predicted molar refractivity (Wildman–Crippen MR) is 123 cm³/mol. The number of hydrogen-bond donors (Lipinski definition) is 2. The second-order valence-electron chi connectivity index (χ2n) is 7.09. The fourth-order valence-corrected chi connectivity index (χ4v) is 3.12. The molecule has 0 radical (unpaired) electrons. The van der Waals surface area contributed by atoms with Crippen LogP contribution in [0.1, 0.15) is 16.7 Å². The molecule has 0 amide bonds. The van der Waals surface area contributed by atoms with E-state index in [2.05, 4.69) is 20.5 Å². The predicted octanol–water partition coefficient (Wildman–Crippen LogP) is 4.61. The molecule has 0 saturated heterocycles. The van der Waals surface area contributed by atoms with Crippen LogP contribution in [0.15, 0.2) is 82.7 Å². The van der Waals surface area contributed by atoms with E-state index in [1.165, 1.54) is 12.3 Å². The number of rotatable bonds is 7. The van der Waals surface area contributed by atoms with Crippen molar-refractivity contribution in [3.8, 4) is 23.1 Å². The molecule has 4 aromatic rings. The van der Waals surface area contributed by atoms with Crippen molar-refractivity contribution < 1.29 is 13.5 Å². The molecule has 4 rings (SSSR count). The fraction of sp³-hybridized carbons (Fsp3) is 0.0400. The first-order valence-electron chi connectivity index (χ1n) is 10.1. The van der Waals surface area contributed by atoms with Gasteiger partial charge in [-0.05, 0) is 29.3 Å². The molecule has 168 valence electrons. The molecule has 0 unspecified atom stereocenters.